The number of hydrogen-bond donors (Lipinski definition) is 2. The van der Waals surface area contributed by atoms with E-state index in [1.165, 1.54) is 0 Å². The molecular weight excluding hydrogens is 214 g/mol. The number of likely N-dealkylation sites (tertiary alicyclic amines) is 1. The van der Waals surface area contributed by atoms with Gasteiger partial charge in [0.1, 0.15) is 0 Å². The van der Waals surface area contributed by atoms with Crippen LogP contribution in [-0.4, -0.2) is 36.0 Å². The molecule has 0 aromatic heterocycles. The average molecular weight is 234 g/mol. The van der Waals surface area contributed by atoms with Crippen LogP contribution in [0.3, 0.4) is 0 Å². The summed E-state index contributed by atoms with van der Waals surface area (Å²) in [6.07, 6.45) is 3.99. The van der Waals surface area contributed by atoms with E-state index in [1.807, 2.05) is 4.90 Å². The number of carbonyl (C=O) groups excluding carboxylic acids is 1. The predicted molar refractivity (Wildman–Crippen MR) is 61.7 cm³/mol. The van der Waals surface area contributed by atoms with Gasteiger partial charge in [-0.2, -0.15) is 0 Å². The van der Waals surface area contributed by atoms with Crippen LogP contribution in [0.15, 0.2) is 0 Å². The molecule has 1 saturated heterocycles. The first-order valence-electron chi connectivity index (χ1n) is 5.48. The molecule has 2 aliphatic rings. The van der Waals surface area contributed by atoms with Gasteiger partial charge >= 0.3 is 0 Å². The summed E-state index contributed by atoms with van der Waals surface area (Å²) in [6.45, 7) is 1.55. The molecule has 1 amide bonds. The fraction of sp³-hybridized carbons (Fsp3) is 0.900. The minimum Gasteiger partial charge on any atom is -0.341 e. The summed E-state index contributed by atoms with van der Waals surface area (Å²) in [5.74, 6) is 0.309. The summed E-state index contributed by atoms with van der Waals surface area (Å²) >= 11 is 0. The topological polar surface area (TPSA) is 72.4 Å². The maximum Gasteiger partial charge on any atom is 0.227 e. The van der Waals surface area contributed by atoms with Gasteiger partial charge in [-0.25, -0.2) is 0 Å². The zero-order valence-corrected chi connectivity index (χ0v) is 9.71. The normalized spacial score (nSPS) is 35.3. The highest BCUT2D eigenvalue weighted by molar-refractivity contribution is 5.85. The van der Waals surface area contributed by atoms with Gasteiger partial charge in [-0.15, -0.1) is 12.4 Å². The van der Waals surface area contributed by atoms with Crippen molar-refractivity contribution in [2.75, 3.05) is 13.1 Å². The zero-order chi connectivity index (χ0) is 10.1. The lowest BCUT2D eigenvalue weighted by atomic mass is 10.0. The Labute approximate surface area is 96.8 Å². The molecule has 0 bridgehead atoms. The first kappa shape index (κ1) is 12.7. The van der Waals surface area contributed by atoms with Crippen molar-refractivity contribution in [3.63, 3.8) is 0 Å². The maximum absolute atomic E-state index is 12.0. The van der Waals surface area contributed by atoms with Gasteiger partial charge < -0.3 is 16.4 Å². The second-order valence-electron chi connectivity index (χ2n) is 4.53. The van der Waals surface area contributed by atoms with E-state index in [0.717, 1.165) is 38.8 Å². The molecular formula is C10H20ClN3O. The Bertz CT molecular complexity index is 237. The second-order valence-corrected chi connectivity index (χ2v) is 4.53. The molecule has 2 unspecified atom stereocenters. The molecule has 1 aliphatic heterocycles. The van der Waals surface area contributed by atoms with E-state index in [9.17, 15) is 4.79 Å². The van der Waals surface area contributed by atoms with Crippen molar-refractivity contribution >= 4 is 18.3 Å². The molecule has 15 heavy (non-hydrogen) atoms. The molecule has 1 aliphatic carbocycles. The Morgan fingerprint density at radius 3 is 2.40 bits per heavy atom. The number of rotatable bonds is 1. The van der Waals surface area contributed by atoms with E-state index in [4.69, 9.17) is 11.5 Å². The Kier molecular flexibility index (Phi) is 4.37. The van der Waals surface area contributed by atoms with Gasteiger partial charge in [0.2, 0.25) is 5.91 Å². The molecule has 3 atom stereocenters. The third kappa shape index (κ3) is 2.62. The SMILES string of the molecule is Cl.NC1CCCC1C(=O)N1CC[C@H](N)C1. The molecule has 0 aromatic rings. The van der Waals surface area contributed by atoms with Crippen LogP contribution in [0.25, 0.3) is 0 Å². The predicted octanol–water partition coefficient (Wildman–Crippen LogP) is 0.0952. The quantitative estimate of drug-likeness (QED) is 0.675. The van der Waals surface area contributed by atoms with Crippen LogP contribution >= 0.6 is 12.4 Å². The molecule has 0 spiro atoms. The Morgan fingerprint density at radius 2 is 1.93 bits per heavy atom. The fourth-order valence-electron chi connectivity index (χ4n) is 2.52. The molecule has 88 valence electrons. The molecule has 4 nitrogen and oxygen atoms in total. The van der Waals surface area contributed by atoms with Gasteiger partial charge in [0, 0.05) is 25.2 Å². The number of amides is 1. The Balaban J connectivity index is 0.00000112. The number of nitrogens with two attached hydrogens (primary N) is 2. The van der Waals surface area contributed by atoms with E-state index in [1.54, 1.807) is 0 Å². The minimum atomic E-state index is 0. The number of nitrogens with zero attached hydrogens (tertiary/aromatic N) is 1. The summed E-state index contributed by atoms with van der Waals surface area (Å²) in [4.78, 5) is 13.9. The van der Waals surface area contributed by atoms with Crippen LogP contribution in [0.1, 0.15) is 25.7 Å². The molecule has 2 rings (SSSR count). The second kappa shape index (κ2) is 5.14. The van der Waals surface area contributed by atoms with E-state index < -0.39 is 0 Å². The van der Waals surface area contributed by atoms with Gasteiger partial charge in [0.05, 0.1) is 5.92 Å². The zero-order valence-electron chi connectivity index (χ0n) is 8.89. The Morgan fingerprint density at radius 1 is 1.20 bits per heavy atom. The summed E-state index contributed by atoms with van der Waals surface area (Å²) in [5.41, 5.74) is 11.7. The lowest BCUT2D eigenvalue weighted by Gasteiger charge is -2.22. The number of halogens is 1. The van der Waals surface area contributed by atoms with Crippen molar-refractivity contribution in [2.45, 2.75) is 37.8 Å². The highest BCUT2D eigenvalue weighted by Crippen LogP contribution is 2.26. The van der Waals surface area contributed by atoms with Crippen LogP contribution in [0.5, 0.6) is 0 Å². The van der Waals surface area contributed by atoms with Crippen LogP contribution in [0.4, 0.5) is 0 Å². The minimum absolute atomic E-state index is 0. The van der Waals surface area contributed by atoms with Gasteiger partial charge in [0.15, 0.2) is 0 Å². The van der Waals surface area contributed by atoms with Gasteiger partial charge in [0.25, 0.3) is 0 Å². The maximum atomic E-state index is 12.0. The van der Waals surface area contributed by atoms with Crippen molar-refractivity contribution in [3.8, 4) is 0 Å². The van der Waals surface area contributed by atoms with Crippen molar-refractivity contribution in [3.05, 3.63) is 0 Å². The van der Waals surface area contributed by atoms with E-state index in [2.05, 4.69) is 0 Å². The van der Waals surface area contributed by atoms with E-state index in [-0.39, 0.29) is 36.3 Å². The molecule has 5 heteroatoms. The molecule has 0 radical (unpaired) electrons. The molecule has 0 aromatic carbocycles. The smallest absolute Gasteiger partial charge is 0.227 e. The fourth-order valence-corrected chi connectivity index (χ4v) is 2.52. The van der Waals surface area contributed by atoms with E-state index in [0.29, 0.717) is 0 Å². The highest BCUT2D eigenvalue weighted by atomic mass is 35.5. The van der Waals surface area contributed by atoms with Crippen molar-refractivity contribution < 1.29 is 4.79 Å². The number of carbonyl (C=O) groups is 1. The van der Waals surface area contributed by atoms with Crippen LogP contribution in [0, 0.1) is 5.92 Å². The largest absolute Gasteiger partial charge is 0.341 e. The summed E-state index contributed by atoms with van der Waals surface area (Å²) in [7, 11) is 0. The first-order valence-corrected chi connectivity index (χ1v) is 5.48. The van der Waals surface area contributed by atoms with Gasteiger partial charge in [-0.3, -0.25) is 4.79 Å². The summed E-state index contributed by atoms with van der Waals surface area (Å²) < 4.78 is 0. The Hall–Kier alpha value is -0.320. The van der Waals surface area contributed by atoms with Crippen molar-refractivity contribution in [1.82, 2.24) is 4.90 Å². The average Bonchev–Trinajstić information content (AvgIpc) is 2.73. The lowest BCUT2D eigenvalue weighted by Crippen LogP contribution is -2.41. The molecule has 1 heterocycles. The van der Waals surface area contributed by atoms with Gasteiger partial charge in [-0.1, -0.05) is 6.42 Å². The van der Waals surface area contributed by atoms with Crippen LogP contribution in [-0.2, 0) is 4.79 Å². The first-order chi connectivity index (χ1) is 6.68. The van der Waals surface area contributed by atoms with Gasteiger partial charge in [-0.05, 0) is 19.3 Å². The summed E-state index contributed by atoms with van der Waals surface area (Å²) in [6, 6.07) is 0.260. The van der Waals surface area contributed by atoms with Crippen molar-refractivity contribution in [2.24, 2.45) is 17.4 Å². The molecule has 1 saturated carbocycles. The molecule has 4 N–H and O–H groups in total. The third-order valence-corrected chi connectivity index (χ3v) is 3.42. The van der Waals surface area contributed by atoms with Crippen LogP contribution < -0.4 is 11.5 Å². The lowest BCUT2D eigenvalue weighted by molar-refractivity contribution is -0.134. The molecule has 2 fully saturated rings. The van der Waals surface area contributed by atoms with Crippen molar-refractivity contribution in [1.29, 1.82) is 0 Å². The van der Waals surface area contributed by atoms with Crippen LogP contribution in [0.2, 0.25) is 0 Å². The van der Waals surface area contributed by atoms with E-state index >= 15 is 0 Å². The third-order valence-electron chi connectivity index (χ3n) is 3.42. The standard InChI is InChI=1S/C10H19N3O.ClH/c11-7-4-5-13(6-7)10(14)8-2-1-3-9(8)12;/h7-9H,1-6,11-12H2;1H/t7-,8?,9?;/m0./s1. The monoisotopic (exact) mass is 233 g/mol. The number of hydrogen-bond acceptors (Lipinski definition) is 3. The highest BCUT2D eigenvalue weighted by Gasteiger charge is 2.35. The summed E-state index contributed by atoms with van der Waals surface area (Å²) in [5, 5.41) is 0.